The van der Waals surface area contributed by atoms with E-state index >= 15 is 0 Å². The Morgan fingerprint density at radius 1 is 1.54 bits per heavy atom. The normalized spacial score (nSPS) is 28.9. The van der Waals surface area contributed by atoms with Crippen LogP contribution in [0.4, 0.5) is 0 Å². The van der Waals surface area contributed by atoms with Gasteiger partial charge in [-0.3, -0.25) is 4.79 Å². The summed E-state index contributed by atoms with van der Waals surface area (Å²) < 4.78 is 0. The first-order valence-corrected chi connectivity index (χ1v) is 5.06. The van der Waals surface area contributed by atoms with Gasteiger partial charge in [0, 0.05) is 12.6 Å². The highest BCUT2D eigenvalue weighted by molar-refractivity contribution is 5.82. The van der Waals surface area contributed by atoms with Gasteiger partial charge in [0.2, 0.25) is 5.91 Å². The van der Waals surface area contributed by atoms with Gasteiger partial charge in [-0.15, -0.1) is 0 Å². The molecule has 1 rings (SSSR count). The fourth-order valence-corrected chi connectivity index (χ4v) is 1.69. The Morgan fingerprint density at radius 2 is 2.23 bits per heavy atom. The zero-order chi connectivity index (χ0) is 9.90. The summed E-state index contributed by atoms with van der Waals surface area (Å²) in [6, 6.07) is 0.242. The first kappa shape index (κ1) is 10.5. The van der Waals surface area contributed by atoms with Crippen LogP contribution in [0.15, 0.2) is 0 Å². The Kier molecular flexibility index (Phi) is 3.31. The third-order valence-electron chi connectivity index (χ3n) is 2.57. The van der Waals surface area contributed by atoms with Crippen LogP contribution in [0.1, 0.15) is 33.6 Å². The van der Waals surface area contributed by atoms with Gasteiger partial charge in [0.15, 0.2) is 0 Å². The minimum Gasteiger partial charge on any atom is -0.353 e. The molecule has 0 radical (unpaired) electrons. The third kappa shape index (κ3) is 2.69. The van der Waals surface area contributed by atoms with E-state index in [1.165, 1.54) is 0 Å². The molecule has 0 aromatic heterocycles. The zero-order valence-electron chi connectivity index (χ0n) is 8.81. The largest absolute Gasteiger partial charge is 0.353 e. The minimum absolute atomic E-state index is 0.190. The number of nitrogens with one attached hydrogen (secondary N) is 2. The van der Waals surface area contributed by atoms with E-state index in [2.05, 4.69) is 10.6 Å². The monoisotopic (exact) mass is 184 g/mol. The number of carbonyl (C=O) groups is 1. The molecular weight excluding hydrogens is 164 g/mol. The number of hydrogen-bond donors (Lipinski definition) is 2. The highest BCUT2D eigenvalue weighted by Crippen LogP contribution is 2.25. The second-order valence-electron chi connectivity index (χ2n) is 4.47. The molecule has 1 saturated heterocycles. The Bertz CT molecular complexity index is 183. The summed E-state index contributed by atoms with van der Waals surface area (Å²) in [5.41, 5.74) is -0.192. The van der Waals surface area contributed by atoms with Crippen molar-refractivity contribution in [3.8, 4) is 0 Å². The molecule has 1 aliphatic heterocycles. The molecule has 76 valence electrons. The van der Waals surface area contributed by atoms with Crippen LogP contribution >= 0.6 is 0 Å². The van der Waals surface area contributed by atoms with Gasteiger partial charge in [0.05, 0.1) is 5.41 Å². The van der Waals surface area contributed by atoms with E-state index in [0.717, 1.165) is 25.9 Å². The molecule has 3 heteroatoms. The summed E-state index contributed by atoms with van der Waals surface area (Å²) in [4.78, 5) is 11.8. The lowest BCUT2D eigenvalue weighted by Crippen LogP contribution is -2.50. The Labute approximate surface area is 80.3 Å². The topological polar surface area (TPSA) is 41.1 Å². The molecule has 2 N–H and O–H groups in total. The molecule has 1 atom stereocenters. The summed E-state index contributed by atoms with van der Waals surface area (Å²) in [6.07, 6.45) is 2.10. The second kappa shape index (κ2) is 4.09. The number of hydrogen-bond acceptors (Lipinski definition) is 2. The fraction of sp³-hybridized carbons (Fsp3) is 0.900. The van der Waals surface area contributed by atoms with Gasteiger partial charge in [-0.2, -0.15) is 0 Å². The highest BCUT2D eigenvalue weighted by Gasteiger charge is 2.34. The first-order chi connectivity index (χ1) is 6.04. The van der Waals surface area contributed by atoms with Crippen LogP contribution in [0.5, 0.6) is 0 Å². The van der Waals surface area contributed by atoms with E-state index in [1.807, 2.05) is 20.8 Å². The van der Waals surface area contributed by atoms with Crippen LogP contribution in [0.3, 0.4) is 0 Å². The van der Waals surface area contributed by atoms with Crippen LogP contribution in [0.2, 0.25) is 0 Å². The number of piperidine rings is 1. The quantitative estimate of drug-likeness (QED) is 0.669. The molecule has 1 heterocycles. The first-order valence-electron chi connectivity index (χ1n) is 5.06. The SMILES string of the molecule is CC(C)NC(=O)C1(C)CCCNC1. The summed E-state index contributed by atoms with van der Waals surface area (Å²) in [5.74, 6) is 0.190. The summed E-state index contributed by atoms with van der Waals surface area (Å²) in [6.45, 7) is 7.89. The molecule has 0 spiro atoms. The maximum atomic E-state index is 11.8. The Morgan fingerprint density at radius 3 is 2.69 bits per heavy atom. The average Bonchev–Trinajstić information content (AvgIpc) is 2.04. The number of carbonyl (C=O) groups excluding carboxylic acids is 1. The predicted octanol–water partition coefficient (Wildman–Crippen LogP) is 0.901. The molecule has 0 aromatic carbocycles. The van der Waals surface area contributed by atoms with Crippen LogP contribution < -0.4 is 10.6 Å². The van der Waals surface area contributed by atoms with Gasteiger partial charge in [0.25, 0.3) is 0 Å². The molecule has 0 bridgehead atoms. The number of amides is 1. The maximum Gasteiger partial charge on any atom is 0.227 e. The second-order valence-corrected chi connectivity index (χ2v) is 4.47. The summed E-state index contributed by atoms with van der Waals surface area (Å²) in [5, 5.41) is 6.24. The van der Waals surface area contributed by atoms with Crippen molar-refractivity contribution in [2.24, 2.45) is 5.41 Å². The molecule has 1 amide bonds. The van der Waals surface area contributed by atoms with Crippen molar-refractivity contribution in [1.29, 1.82) is 0 Å². The molecule has 13 heavy (non-hydrogen) atoms. The molecule has 1 fully saturated rings. The summed E-state index contributed by atoms with van der Waals surface area (Å²) in [7, 11) is 0. The minimum atomic E-state index is -0.192. The van der Waals surface area contributed by atoms with Gasteiger partial charge >= 0.3 is 0 Å². The number of rotatable bonds is 2. The van der Waals surface area contributed by atoms with Crippen molar-refractivity contribution >= 4 is 5.91 Å². The third-order valence-corrected chi connectivity index (χ3v) is 2.57. The predicted molar refractivity (Wildman–Crippen MR) is 53.5 cm³/mol. The van der Waals surface area contributed by atoms with Gasteiger partial charge in [0.1, 0.15) is 0 Å². The van der Waals surface area contributed by atoms with E-state index < -0.39 is 0 Å². The average molecular weight is 184 g/mol. The Hall–Kier alpha value is -0.570. The van der Waals surface area contributed by atoms with Gasteiger partial charge in [-0.05, 0) is 40.2 Å². The highest BCUT2D eigenvalue weighted by atomic mass is 16.2. The Balaban J connectivity index is 2.51. The standard InChI is InChI=1S/C10H20N2O/c1-8(2)12-9(13)10(3)5-4-6-11-7-10/h8,11H,4-7H2,1-3H3,(H,12,13). The maximum absolute atomic E-state index is 11.8. The van der Waals surface area contributed by atoms with E-state index in [0.29, 0.717) is 0 Å². The fourth-order valence-electron chi connectivity index (χ4n) is 1.69. The van der Waals surface area contributed by atoms with Crippen molar-refractivity contribution in [2.75, 3.05) is 13.1 Å². The molecule has 1 aliphatic rings. The van der Waals surface area contributed by atoms with Crippen molar-refractivity contribution < 1.29 is 4.79 Å². The van der Waals surface area contributed by atoms with Crippen molar-refractivity contribution in [3.63, 3.8) is 0 Å². The smallest absolute Gasteiger partial charge is 0.227 e. The van der Waals surface area contributed by atoms with Gasteiger partial charge in [-0.25, -0.2) is 0 Å². The van der Waals surface area contributed by atoms with Gasteiger partial charge < -0.3 is 10.6 Å². The molecular formula is C10H20N2O. The van der Waals surface area contributed by atoms with Crippen LogP contribution in [0.25, 0.3) is 0 Å². The van der Waals surface area contributed by atoms with Gasteiger partial charge in [-0.1, -0.05) is 0 Å². The lowest BCUT2D eigenvalue weighted by atomic mass is 9.82. The van der Waals surface area contributed by atoms with Crippen molar-refractivity contribution in [3.05, 3.63) is 0 Å². The van der Waals surface area contributed by atoms with Crippen LogP contribution in [-0.2, 0) is 4.79 Å². The lowest BCUT2D eigenvalue weighted by molar-refractivity contribution is -0.131. The van der Waals surface area contributed by atoms with Crippen LogP contribution in [0, 0.1) is 5.41 Å². The lowest BCUT2D eigenvalue weighted by Gasteiger charge is -2.33. The zero-order valence-corrected chi connectivity index (χ0v) is 8.81. The van der Waals surface area contributed by atoms with E-state index in [9.17, 15) is 4.79 Å². The van der Waals surface area contributed by atoms with E-state index in [1.54, 1.807) is 0 Å². The van der Waals surface area contributed by atoms with Crippen molar-refractivity contribution in [2.45, 2.75) is 39.7 Å². The molecule has 0 aromatic rings. The summed E-state index contributed by atoms with van der Waals surface area (Å²) >= 11 is 0. The molecule has 0 aliphatic carbocycles. The molecule has 1 unspecified atom stereocenters. The molecule has 3 nitrogen and oxygen atoms in total. The van der Waals surface area contributed by atoms with E-state index in [-0.39, 0.29) is 17.4 Å². The van der Waals surface area contributed by atoms with Crippen molar-refractivity contribution in [1.82, 2.24) is 10.6 Å². The molecule has 0 saturated carbocycles. The van der Waals surface area contributed by atoms with E-state index in [4.69, 9.17) is 0 Å². The van der Waals surface area contributed by atoms with Crippen LogP contribution in [-0.4, -0.2) is 25.0 Å².